The zero-order valence-corrected chi connectivity index (χ0v) is 5.51. The first-order valence-corrected chi connectivity index (χ1v) is 3.70. The highest BCUT2D eigenvalue weighted by atomic mass is 16.3. The summed E-state index contributed by atoms with van der Waals surface area (Å²) in [6.07, 6.45) is 8.64. The van der Waals surface area contributed by atoms with E-state index >= 15 is 0 Å². The fourth-order valence-corrected chi connectivity index (χ4v) is 1.96. The van der Waals surface area contributed by atoms with Crippen LogP contribution in [0.5, 0.6) is 0 Å². The molecule has 0 aliphatic heterocycles. The monoisotopic (exact) mass is 124 g/mol. The molecule has 50 valence electrons. The normalized spacial score (nSPS) is 47.9. The summed E-state index contributed by atoms with van der Waals surface area (Å²) in [5.74, 6) is 0.698. The lowest BCUT2D eigenvalue weighted by atomic mass is 9.85. The van der Waals surface area contributed by atoms with Gasteiger partial charge < -0.3 is 5.11 Å². The molecule has 2 aliphatic rings. The van der Waals surface area contributed by atoms with E-state index in [1.54, 1.807) is 0 Å². The largest absolute Gasteiger partial charge is 0.386 e. The Morgan fingerprint density at radius 3 is 3.11 bits per heavy atom. The van der Waals surface area contributed by atoms with Crippen LogP contribution in [0, 0.1) is 5.92 Å². The van der Waals surface area contributed by atoms with Crippen molar-refractivity contribution in [2.24, 2.45) is 5.92 Å². The average Bonchev–Trinajstić information content (AvgIpc) is 2.07. The van der Waals surface area contributed by atoms with Crippen molar-refractivity contribution in [3.63, 3.8) is 0 Å². The van der Waals surface area contributed by atoms with Crippen LogP contribution in [0.4, 0.5) is 0 Å². The Morgan fingerprint density at radius 1 is 1.56 bits per heavy atom. The fourth-order valence-electron chi connectivity index (χ4n) is 1.96. The standard InChI is InChI=1S/C8H12O/c9-8-4-1-2-7(6-8)3-5-8/h3,5,7,9H,1-2,4,6H2/t7-,8-/m0/s1. The predicted octanol–water partition coefficient (Wildman–Crippen LogP) is 1.48. The number of fused-ring (bicyclic) bond motifs is 2. The Balaban J connectivity index is 2.22. The summed E-state index contributed by atoms with van der Waals surface area (Å²) in [7, 11) is 0. The molecule has 9 heavy (non-hydrogen) atoms. The second-order valence-corrected chi connectivity index (χ2v) is 3.32. The Labute approximate surface area is 55.4 Å². The highest BCUT2D eigenvalue weighted by Crippen LogP contribution is 2.39. The van der Waals surface area contributed by atoms with Crippen LogP contribution in [0.1, 0.15) is 25.7 Å². The summed E-state index contributed by atoms with van der Waals surface area (Å²) < 4.78 is 0. The molecular formula is C8H12O. The first-order valence-electron chi connectivity index (χ1n) is 3.70. The Hall–Kier alpha value is -0.300. The van der Waals surface area contributed by atoms with E-state index < -0.39 is 0 Å². The van der Waals surface area contributed by atoms with Crippen LogP contribution in [-0.2, 0) is 0 Å². The van der Waals surface area contributed by atoms with Crippen molar-refractivity contribution in [1.82, 2.24) is 0 Å². The van der Waals surface area contributed by atoms with Crippen molar-refractivity contribution >= 4 is 0 Å². The minimum atomic E-state index is -0.386. The minimum absolute atomic E-state index is 0.386. The maximum atomic E-state index is 9.63. The van der Waals surface area contributed by atoms with Crippen LogP contribution in [0.2, 0.25) is 0 Å². The Bertz CT molecular complexity index is 151. The lowest BCUT2D eigenvalue weighted by molar-refractivity contribution is 0.0508. The maximum absolute atomic E-state index is 9.63. The van der Waals surface area contributed by atoms with E-state index in [1.807, 2.05) is 6.08 Å². The number of hydrogen-bond donors (Lipinski definition) is 1. The molecule has 0 radical (unpaired) electrons. The molecule has 1 nitrogen and oxygen atoms in total. The zero-order valence-electron chi connectivity index (χ0n) is 5.51. The van der Waals surface area contributed by atoms with Crippen molar-refractivity contribution in [3.8, 4) is 0 Å². The molecule has 0 aromatic rings. The zero-order chi connectivity index (χ0) is 6.32. The van der Waals surface area contributed by atoms with E-state index in [-0.39, 0.29) is 5.60 Å². The summed E-state index contributed by atoms with van der Waals surface area (Å²) in [5.41, 5.74) is -0.386. The third-order valence-electron chi connectivity index (χ3n) is 2.48. The summed E-state index contributed by atoms with van der Waals surface area (Å²) in [6.45, 7) is 0. The van der Waals surface area contributed by atoms with Crippen LogP contribution < -0.4 is 0 Å². The molecule has 0 spiro atoms. The third-order valence-corrected chi connectivity index (χ3v) is 2.48. The predicted molar refractivity (Wildman–Crippen MR) is 36.0 cm³/mol. The van der Waals surface area contributed by atoms with Gasteiger partial charge in [-0.2, -0.15) is 0 Å². The van der Waals surface area contributed by atoms with Crippen LogP contribution >= 0.6 is 0 Å². The van der Waals surface area contributed by atoms with E-state index in [2.05, 4.69) is 6.08 Å². The van der Waals surface area contributed by atoms with Crippen molar-refractivity contribution in [2.75, 3.05) is 0 Å². The molecule has 0 unspecified atom stereocenters. The van der Waals surface area contributed by atoms with Crippen molar-refractivity contribution in [1.29, 1.82) is 0 Å². The van der Waals surface area contributed by atoms with Gasteiger partial charge in [0.05, 0.1) is 5.60 Å². The van der Waals surface area contributed by atoms with Gasteiger partial charge in [-0.25, -0.2) is 0 Å². The van der Waals surface area contributed by atoms with Gasteiger partial charge in [0.25, 0.3) is 0 Å². The molecule has 2 atom stereocenters. The molecule has 0 aromatic carbocycles. The van der Waals surface area contributed by atoms with E-state index in [0.717, 1.165) is 12.8 Å². The summed E-state index contributed by atoms with van der Waals surface area (Å²) in [5, 5.41) is 9.63. The van der Waals surface area contributed by atoms with Crippen LogP contribution in [0.15, 0.2) is 12.2 Å². The molecule has 0 aromatic heterocycles. The lowest BCUT2D eigenvalue weighted by Gasteiger charge is -2.26. The van der Waals surface area contributed by atoms with E-state index in [1.165, 1.54) is 12.8 Å². The molecule has 1 N–H and O–H groups in total. The Kier molecular flexibility index (Phi) is 0.974. The number of allylic oxidation sites excluding steroid dienone is 1. The van der Waals surface area contributed by atoms with Crippen molar-refractivity contribution in [2.45, 2.75) is 31.3 Å². The molecule has 2 aliphatic carbocycles. The maximum Gasteiger partial charge on any atom is 0.0833 e. The molecule has 2 rings (SSSR count). The van der Waals surface area contributed by atoms with E-state index in [4.69, 9.17) is 0 Å². The summed E-state index contributed by atoms with van der Waals surface area (Å²) in [4.78, 5) is 0. The third kappa shape index (κ3) is 0.799. The first kappa shape index (κ1) is 5.48. The topological polar surface area (TPSA) is 20.2 Å². The van der Waals surface area contributed by atoms with Gasteiger partial charge in [-0.3, -0.25) is 0 Å². The first-order chi connectivity index (χ1) is 4.29. The van der Waals surface area contributed by atoms with Crippen LogP contribution in [-0.4, -0.2) is 10.7 Å². The van der Waals surface area contributed by atoms with Gasteiger partial charge in [-0.05, 0) is 31.6 Å². The lowest BCUT2D eigenvalue weighted by Crippen LogP contribution is -2.27. The number of aliphatic hydroxyl groups is 1. The number of hydrogen-bond acceptors (Lipinski definition) is 1. The van der Waals surface area contributed by atoms with Gasteiger partial charge in [0.2, 0.25) is 0 Å². The second kappa shape index (κ2) is 1.60. The average molecular weight is 124 g/mol. The van der Waals surface area contributed by atoms with E-state index in [0.29, 0.717) is 5.92 Å². The molecule has 0 amide bonds. The van der Waals surface area contributed by atoms with Gasteiger partial charge in [-0.15, -0.1) is 0 Å². The van der Waals surface area contributed by atoms with Gasteiger partial charge in [0, 0.05) is 0 Å². The van der Waals surface area contributed by atoms with Gasteiger partial charge >= 0.3 is 0 Å². The molecule has 0 heterocycles. The number of rotatable bonds is 0. The van der Waals surface area contributed by atoms with Gasteiger partial charge in [0.1, 0.15) is 0 Å². The molecule has 1 saturated carbocycles. The highest BCUT2D eigenvalue weighted by molar-refractivity contribution is 5.14. The van der Waals surface area contributed by atoms with Gasteiger partial charge in [-0.1, -0.05) is 12.2 Å². The molecule has 2 bridgehead atoms. The highest BCUT2D eigenvalue weighted by Gasteiger charge is 2.35. The summed E-state index contributed by atoms with van der Waals surface area (Å²) in [6, 6.07) is 0. The van der Waals surface area contributed by atoms with Crippen molar-refractivity contribution in [3.05, 3.63) is 12.2 Å². The smallest absolute Gasteiger partial charge is 0.0833 e. The molecule has 0 saturated heterocycles. The molecule has 1 fully saturated rings. The quantitative estimate of drug-likeness (QED) is 0.485. The minimum Gasteiger partial charge on any atom is -0.386 e. The fraction of sp³-hybridized carbons (Fsp3) is 0.750. The van der Waals surface area contributed by atoms with Crippen LogP contribution in [0.25, 0.3) is 0 Å². The second-order valence-electron chi connectivity index (χ2n) is 3.32. The molecule has 1 heteroatoms. The molecular weight excluding hydrogens is 112 g/mol. The van der Waals surface area contributed by atoms with Crippen molar-refractivity contribution < 1.29 is 5.11 Å². The van der Waals surface area contributed by atoms with Crippen LogP contribution in [0.3, 0.4) is 0 Å². The Morgan fingerprint density at radius 2 is 2.44 bits per heavy atom. The van der Waals surface area contributed by atoms with E-state index in [9.17, 15) is 5.11 Å². The van der Waals surface area contributed by atoms with Gasteiger partial charge in [0.15, 0.2) is 0 Å². The summed E-state index contributed by atoms with van der Waals surface area (Å²) >= 11 is 0. The SMILES string of the molecule is O[C@]12C=C[C@H](CCC1)C2.